The van der Waals surface area contributed by atoms with Crippen LogP contribution in [-0.4, -0.2) is 28.2 Å². The Balaban J connectivity index is 2.44. The maximum Gasteiger partial charge on any atom is 0.270 e. The second-order valence-corrected chi connectivity index (χ2v) is 2.91. The molecule has 1 amide bonds. The van der Waals surface area contributed by atoms with E-state index in [1.54, 1.807) is 0 Å². The van der Waals surface area contributed by atoms with Gasteiger partial charge in [-0.3, -0.25) is 9.59 Å². The van der Waals surface area contributed by atoms with Gasteiger partial charge in [0, 0.05) is 13.0 Å². The number of ketones is 1. The van der Waals surface area contributed by atoms with Gasteiger partial charge in [-0.25, -0.2) is 4.98 Å². The molecule has 1 aliphatic rings. The first kappa shape index (κ1) is 7.97. The molecule has 0 saturated heterocycles. The summed E-state index contributed by atoms with van der Waals surface area (Å²) in [7, 11) is 0. The summed E-state index contributed by atoms with van der Waals surface area (Å²) in [6.07, 6.45) is 2.49. The van der Waals surface area contributed by atoms with Gasteiger partial charge >= 0.3 is 0 Å². The van der Waals surface area contributed by atoms with Crippen LogP contribution in [0.15, 0.2) is 6.33 Å². The van der Waals surface area contributed by atoms with Crippen LogP contribution < -0.4 is 5.32 Å². The number of nitrogens with zero attached hydrogens (tertiary/aromatic N) is 1. The number of aromatic nitrogens is 2. The number of H-pyrrole nitrogens is 1. The summed E-state index contributed by atoms with van der Waals surface area (Å²) in [5.74, 6) is -0.313. The summed E-state index contributed by atoms with van der Waals surface area (Å²) in [4.78, 5) is 29.2. The number of rotatable bonds is 0. The van der Waals surface area contributed by atoms with Crippen LogP contribution in [0.3, 0.4) is 0 Å². The smallest absolute Gasteiger partial charge is 0.270 e. The molecule has 2 heterocycles. The Labute approximate surface area is 74.6 Å². The van der Waals surface area contributed by atoms with Crippen LogP contribution in [-0.2, 0) is 0 Å². The highest BCUT2D eigenvalue weighted by molar-refractivity contribution is 6.06. The lowest BCUT2D eigenvalue weighted by Gasteiger charge is -2.08. The fourth-order valence-electron chi connectivity index (χ4n) is 1.34. The molecule has 13 heavy (non-hydrogen) atoms. The molecule has 5 nitrogen and oxygen atoms in total. The molecule has 0 fully saturated rings. The van der Waals surface area contributed by atoms with Gasteiger partial charge in [0.15, 0.2) is 5.78 Å². The number of fused-ring (bicyclic) bond motifs is 1. The van der Waals surface area contributed by atoms with Gasteiger partial charge in [-0.2, -0.15) is 0 Å². The zero-order chi connectivity index (χ0) is 9.26. The SMILES string of the molecule is O=C1CCCNC(=O)c2[nH]cnc21. The largest absolute Gasteiger partial charge is 0.351 e. The Morgan fingerprint density at radius 2 is 2.23 bits per heavy atom. The van der Waals surface area contributed by atoms with Gasteiger partial charge in [0.25, 0.3) is 5.91 Å². The molecule has 0 aromatic carbocycles. The fourth-order valence-corrected chi connectivity index (χ4v) is 1.34. The van der Waals surface area contributed by atoms with E-state index in [4.69, 9.17) is 0 Å². The van der Waals surface area contributed by atoms with Crippen LogP contribution in [0.1, 0.15) is 33.8 Å². The van der Waals surface area contributed by atoms with Crippen molar-refractivity contribution < 1.29 is 9.59 Å². The maximum atomic E-state index is 11.4. The first-order chi connectivity index (χ1) is 6.29. The summed E-state index contributed by atoms with van der Waals surface area (Å²) in [5.41, 5.74) is 0.543. The molecule has 0 radical (unpaired) electrons. The van der Waals surface area contributed by atoms with E-state index in [0.29, 0.717) is 19.4 Å². The standard InChI is InChI=1S/C8H9N3O2/c12-5-2-1-3-9-8(13)7-6(5)10-4-11-7/h4H,1-3H2,(H,9,13)(H,10,11). The number of imidazole rings is 1. The van der Waals surface area contributed by atoms with Crippen molar-refractivity contribution in [3.63, 3.8) is 0 Å². The van der Waals surface area contributed by atoms with Gasteiger partial charge in [-0.15, -0.1) is 0 Å². The van der Waals surface area contributed by atoms with Crippen molar-refractivity contribution in [2.75, 3.05) is 6.54 Å². The molecular weight excluding hydrogens is 170 g/mol. The zero-order valence-corrected chi connectivity index (χ0v) is 6.96. The molecule has 1 aliphatic heterocycles. The summed E-state index contributed by atoms with van der Waals surface area (Å²) >= 11 is 0. The van der Waals surface area contributed by atoms with Gasteiger partial charge in [0.1, 0.15) is 11.4 Å². The molecule has 0 bridgehead atoms. The van der Waals surface area contributed by atoms with Crippen molar-refractivity contribution in [1.82, 2.24) is 15.3 Å². The van der Waals surface area contributed by atoms with E-state index in [-0.39, 0.29) is 23.1 Å². The van der Waals surface area contributed by atoms with Crippen molar-refractivity contribution in [3.05, 3.63) is 17.7 Å². The lowest BCUT2D eigenvalue weighted by atomic mass is 10.1. The Hall–Kier alpha value is -1.65. The van der Waals surface area contributed by atoms with E-state index < -0.39 is 0 Å². The van der Waals surface area contributed by atoms with E-state index in [2.05, 4.69) is 15.3 Å². The minimum absolute atomic E-state index is 0.0638. The third-order valence-corrected chi connectivity index (χ3v) is 2.00. The fraction of sp³-hybridized carbons (Fsp3) is 0.375. The molecule has 68 valence electrons. The number of hydrogen-bond donors (Lipinski definition) is 2. The molecule has 0 atom stereocenters. The van der Waals surface area contributed by atoms with Crippen LogP contribution in [0.4, 0.5) is 0 Å². The summed E-state index contributed by atoms with van der Waals surface area (Å²) in [6.45, 7) is 0.545. The van der Waals surface area contributed by atoms with E-state index in [1.165, 1.54) is 6.33 Å². The average molecular weight is 179 g/mol. The number of hydrogen-bond acceptors (Lipinski definition) is 3. The van der Waals surface area contributed by atoms with Gasteiger partial charge in [0.2, 0.25) is 0 Å². The zero-order valence-electron chi connectivity index (χ0n) is 6.96. The number of nitrogens with one attached hydrogen (secondary N) is 2. The predicted molar refractivity (Wildman–Crippen MR) is 44.5 cm³/mol. The van der Waals surface area contributed by atoms with Gasteiger partial charge < -0.3 is 10.3 Å². The van der Waals surface area contributed by atoms with E-state index in [0.717, 1.165) is 0 Å². The lowest BCUT2D eigenvalue weighted by Crippen LogP contribution is -2.29. The number of Topliss-reactive ketones (excluding diaryl/α,β-unsaturated/α-hetero) is 1. The molecule has 1 aromatic rings. The maximum absolute atomic E-state index is 11.4. The second-order valence-electron chi connectivity index (χ2n) is 2.91. The normalized spacial score (nSPS) is 17.2. The van der Waals surface area contributed by atoms with E-state index >= 15 is 0 Å². The number of amides is 1. The molecule has 0 saturated carbocycles. The van der Waals surface area contributed by atoms with Gasteiger partial charge in [-0.05, 0) is 6.42 Å². The lowest BCUT2D eigenvalue weighted by molar-refractivity contribution is 0.0908. The molecule has 2 N–H and O–H groups in total. The Kier molecular flexibility index (Phi) is 1.84. The van der Waals surface area contributed by atoms with Crippen molar-refractivity contribution >= 4 is 11.7 Å². The van der Waals surface area contributed by atoms with Crippen molar-refractivity contribution in [2.45, 2.75) is 12.8 Å². The number of carbonyl (C=O) groups excluding carboxylic acids is 2. The van der Waals surface area contributed by atoms with Crippen LogP contribution in [0, 0.1) is 0 Å². The predicted octanol–water partition coefficient (Wildman–Crippen LogP) is 0.116. The molecule has 5 heteroatoms. The molecular formula is C8H9N3O2. The van der Waals surface area contributed by atoms with Crippen molar-refractivity contribution in [2.24, 2.45) is 0 Å². The van der Waals surface area contributed by atoms with Gasteiger partial charge in [-0.1, -0.05) is 0 Å². The Morgan fingerprint density at radius 3 is 3.08 bits per heavy atom. The average Bonchev–Trinajstić information content (AvgIpc) is 2.57. The minimum atomic E-state index is -0.249. The Morgan fingerprint density at radius 1 is 1.38 bits per heavy atom. The number of carbonyl (C=O) groups is 2. The van der Waals surface area contributed by atoms with Crippen LogP contribution in [0.5, 0.6) is 0 Å². The second kappa shape index (κ2) is 3.01. The molecule has 1 aromatic heterocycles. The van der Waals surface area contributed by atoms with Crippen LogP contribution >= 0.6 is 0 Å². The molecule has 2 rings (SSSR count). The first-order valence-corrected chi connectivity index (χ1v) is 4.14. The van der Waals surface area contributed by atoms with Crippen LogP contribution in [0.25, 0.3) is 0 Å². The van der Waals surface area contributed by atoms with Crippen molar-refractivity contribution in [3.8, 4) is 0 Å². The van der Waals surface area contributed by atoms with E-state index in [1.807, 2.05) is 0 Å². The van der Waals surface area contributed by atoms with Gasteiger partial charge in [0.05, 0.1) is 6.33 Å². The minimum Gasteiger partial charge on any atom is -0.351 e. The summed E-state index contributed by atoms with van der Waals surface area (Å²) in [6, 6.07) is 0. The highest BCUT2D eigenvalue weighted by Crippen LogP contribution is 2.09. The highest BCUT2D eigenvalue weighted by Gasteiger charge is 2.21. The molecule has 0 unspecified atom stereocenters. The monoisotopic (exact) mass is 179 g/mol. The highest BCUT2D eigenvalue weighted by atomic mass is 16.2. The van der Waals surface area contributed by atoms with Crippen molar-refractivity contribution in [1.29, 1.82) is 0 Å². The third-order valence-electron chi connectivity index (χ3n) is 2.00. The quantitative estimate of drug-likeness (QED) is 0.593. The van der Waals surface area contributed by atoms with Crippen LogP contribution in [0.2, 0.25) is 0 Å². The molecule has 0 aliphatic carbocycles. The number of aromatic amines is 1. The summed E-state index contributed by atoms with van der Waals surface area (Å²) in [5, 5.41) is 2.68. The molecule has 0 spiro atoms. The topological polar surface area (TPSA) is 74.8 Å². The van der Waals surface area contributed by atoms with E-state index in [9.17, 15) is 9.59 Å². The third kappa shape index (κ3) is 1.32. The Bertz CT molecular complexity index is 324. The first-order valence-electron chi connectivity index (χ1n) is 4.14. The summed E-state index contributed by atoms with van der Waals surface area (Å²) < 4.78 is 0.